The molecule has 2 N–H and O–H groups in total. The molecule has 114 valence electrons. The third-order valence-electron chi connectivity index (χ3n) is 4.39. The van der Waals surface area contributed by atoms with Crippen LogP contribution in [0.3, 0.4) is 0 Å². The van der Waals surface area contributed by atoms with Gasteiger partial charge >= 0.3 is 0 Å². The first-order valence-corrected chi connectivity index (χ1v) is 7.18. The first-order valence-electron chi connectivity index (χ1n) is 7.18. The summed E-state index contributed by atoms with van der Waals surface area (Å²) >= 11 is 0. The van der Waals surface area contributed by atoms with Crippen LogP contribution in [0.5, 0.6) is 0 Å². The second-order valence-electron chi connectivity index (χ2n) is 5.67. The lowest BCUT2D eigenvalue weighted by Gasteiger charge is -2.29. The Labute approximate surface area is 124 Å². The van der Waals surface area contributed by atoms with Gasteiger partial charge in [0.05, 0.1) is 4.92 Å². The zero-order valence-corrected chi connectivity index (χ0v) is 12.4. The molecule has 1 amide bonds. The van der Waals surface area contributed by atoms with Gasteiger partial charge in [0.1, 0.15) is 0 Å². The molecule has 1 saturated carbocycles. The van der Waals surface area contributed by atoms with E-state index in [1.165, 1.54) is 12.1 Å². The van der Waals surface area contributed by atoms with Crippen LogP contribution in [0, 0.1) is 23.0 Å². The average Bonchev–Trinajstić information content (AvgIpc) is 2.93. The zero-order chi connectivity index (χ0) is 15.6. The lowest BCUT2D eigenvalue weighted by Crippen LogP contribution is -2.41. The van der Waals surface area contributed by atoms with Gasteiger partial charge in [0.25, 0.3) is 11.6 Å². The van der Waals surface area contributed by atoms with E-state index < -0.39 is 4.92 Å². The molecule has 1 aliphatic rings. The maximum atomic E-state index is 12.6. The topological polar surface area (TPSA) is 89.5 Å². The fraction of sp³-hybridized carbons (Fsp3) is 0.533. The van der Waals surface area contributed by atoms with Gasteiger partial charge < -0.3 is 10.6 Å². The van der Waals surface area contributed by atoms with Crippen LogP contribution >= 0.6 is 0 Å². The third-order valence-corrected chi connectivity index (χ3v) is 4.39. The van der Waals surface area contributed by atoms with Crippen LogP contribution in [0.2, 0.25) is 0 Å². The molecule has 2 atom stereocenters. The lowest BCUT2D eigenvalue weighted by atomic mass is 10.0. The van der Waals surface area contributed by atoms with Gasteiger partial charge in [-0.1, -0.05) is 6.42 Å². The van der Waals surface area contributed by atoms with Gasteiger partial charge in [-0.15, -0.1) is 0 Å². The highest BCUT2D eigenvalue weighted by atomic mass is 16.6. The number of nitrogens with two attached hydrogens (primary N) is 1. The predicted octanol–water partition coefficient (Wildman–Crippen LogP) is 2.10. The molecule has 6 heteroatoms. The highest BCUT2D eigenvalue weighted by Crippen LogP contribution is 2.30. The van der Waals surface area contributed by atoms with Crippen molar-refractivity contribution in [1.82, 2.24) is 4.90 Å². The molecule has 6 nitrogen and oxygen atoms in total. The Morgan fingerprint density at radius 1 is 1.48 bits per heavy atom. The highest BCUT2D eigenvalue weighted by Gasteiger charge is 2.32. The van der Waals surface area contributed by atoms with E-state index in [0.717, 1.165) is 19.3 Å². The summed E-state index contributed by atoms with van der Waals surface area (Å²) in [5.41, 5.74) is 6.93. The van der Waals surface area contributed by atoms with Crippen LogP contribution in [0.15, 0.2) is 18.2 Å². The Bertz CT molecular complexity index is 559. The first-order chi connectivity index (χ1) is 9.95. The normalized spacial score (nSPS) is 21.3. The number of hydrogen-bond donors (Lipinski definition) is 1. The summed E-state index contributed by atoms with van der Waals surface area (Å²) in [6.07, 6.45) is 3.11. The van der Waals surface area contributed by atoms with Crippen molar-refractivity contribution in [3.05, 3.63) is 39.4 Å². The number of carbonyl (C=O) groups is 1. The molecule has 0 heterocycles. The van der Waals surface area contributed by atoms with Crippen molar-refractivity contribution in [1.29, 1.82) is 0 Å². The largest absolute Gasteiger partial charge is 0.338 e. The maximum Gasteiger partial charge on any atom is 0.269 e. The molecule has 0 aromatic heterocycles. The number of amides is 1. The molecule has 0 aliphatic heterocycles. The molecule has 0 saturated heterocycles. The van der Waals surface area contributed by atoms with Crippen LogP contribution in [0.1, 0.15) is 35.2 Å². The van der Waals surface area contributed by atoms with Crippen molar-refractivity contribution >= 4 is 11.6 Å². The Kier molecular flexibility index (Phi) is 4.57. The number of benzene rings is 1. The number of aryl methyl sites for hydroxylation is 1. The molecule has 1 aromatic carbocycles. The maximum absolute atomic E-state index is 12.6. The Balaban J connectivity index is 2.21. The Morgan fingerprint density at radius 3 is 2.76 bits per heavy atom. The van der Waals surface area contributed by atoms with Crippen LogP contribution in [0.4, 0.5) is 5.69 Å². The standard InChI is InChI=1S/C15H21N3O3/c1-10-8-12(18(20)21)6-7-13(10)15(19)17(2)14-5-3-4-11(14)9-16/h6-8,11,14H,3-5,9,16H2,1-2H3. The average molecular weight is 291 g/mol. The molecule has 1 aliphatic carbocycles. The van der Waals surface area contributed by atoms with Crippen molar-refractivity contribution in [3.8, 4) is 0 Å². The van der Waals surface area contributed by atoms with E-state index in [1.807, 2.05) is 0 Å². The summed E-state index contributed by atoms with van der Waals surface area (Å²) in [7, 11) is 1.79. The monoisotopic (exact) mass is 291 g/mol. The third kappa shape index (κ3) is 3.05. The molecule has 2 rings (SSSR count). The highest BCUT2D eigenvalue weighted by molar-refractivity contribution is 5.96. The second kappa shape index (κ2) is 6.22. The quantitative estimate of drug-likeness (QED) is 0.679. The van der Waals surface area contributed by atoms with Crippen molar-refractivity contribution in [2.24, 2.45) is 11.7 Å². The van der Waals surface area contributed by atoms with E-state index in [9.17, 15) is 14.9 Å². The van der Waals surface area contributed by atoms with Crippen molar-refractivity contribution < 1.29 is 9.72 Å². The van der Waals surface area contributed by atoms with Gasteiger partial charge in [-0.2, -0.15) is 0 Å². The fourth-order valence-electron chi connectivity index (χ4n) is 3.14. The molecule has 0 spiro atoms. The number of nitro benzene ring substituents is 1. The van der Waals surface area contributed by atoms with Crippen LogP contribution < -0.4 is 5.73 Å². The van der Waals surface area contributed by atoms with Crippen LogP contribution in [-0.2, 0) is 0 Å². The molecule has 21 heavy (non-hydrogen) atoms. The minimum absolute atomic E-state index is 0.00686. The van der Waals surface area contributed by atoms with Gasteiger partial charge in [-0.05, 0) is 43.9 Å². The minimum atomic E-state index is -0.452. The van der Waals surface area contributed by atoms with E-state index in [0.29, 0.717) is 23.6 Å². The molecule has 1 aromatic rings. The van der Waals surface area contributed by atoms with E-state index in [-0.39, 0.29) is 17.6 Å². The minimum Gasteiger partial charge on any atom is -0.338 e. The molecule has 0 radical (unpaired) electrons. The summed E-state index contributed by atoms with van der Waals surface area (Å²) in [6, 6.07) is 4.52. The number of hydrogen-bond acceptors (Lipinski definition) is 4. The molecular formula is C15H21N3O3. The summed E-state index contributed by atoms with van der Waals surface area (Å²) < 4.78 is 0. The van der Waals surface area contributed by atoms with Crippen molar-refractivity contribution in [3.63, 3.8) is 0 Å². The first kappa shape index (κ1) is 15.4. The van der Waals surface area contributed by atoms with Gasteiger partial charge in [-0.3, -0.25) is 14.9 Å². The second-order valence-corrected chi connectivity index (χ2v) is 5.67. The summed E-state index contributed by atoms with van der Waals surface area (Å²) in [4.78, 5) is 24.7. The number of carbonyl (C=O) groups excluding carboxylic acids is 1. The van der Waals surface area contributed by atoms with Gasteiger partial charge in [0, 0.05) is 30.8 Å². The molecule has 0 bridgehead atoms. The van der Waals surface area contributed by atoms with Gasteiger partial charge in [-0.25, -0.2) is 0 Å². The van der Waals surface area contributed by atoms with Gasteiger partial charge in [0.2, 0.25) is 0 Å². The number of non-ortho nitro benzene ring substituents is 1. The molecule has 2 unspecified atom stereocenters. The number of rotatable bonds is 4. The lowest BCUT2D eigenvalue weighted by molar-refractivity contribution is -0.384. The zero-order valence-electron chi connectivity index (χ0n) is 12.4. The molecular weight excluding hydrogens is 270 g/mol. The van der Waals surface area contributed by atoms with Crippen LogP contribution in [-0.4, -0.2) is 35.4 Å². The Hall–Kier alpha value is -1.95. The summed E-state index contributed by atoms with van der Waals surface area (Å²) in [5.74, 6) is 0.255. The van der Waals surface area contributed by atoms with E-state index in [4.69, 9.17) is 5.73 Å². The van der Waals surface area contributed by atoms with Crippen LogP contribution in [0.25, 0.3) is 0 Å². The smallest absolute Gasteiger partial charge is 0.269 e. The number of nitrogens with zero attached hydrogens (tertiary/aromatic N) is 2. The van der Waals surface area contributed by atoms with E-state index in [1.54, 1.807) is 24.9 Å². The number of nitro groups is 1. The van der Waals surface area contributed by atoms with Gasteiger partial charge in [0.15, 0.2) is 0 Å². The van der Waals surface area contributed by atoms with E-state index in [2.05, 4.69) is 0 Å². The van der Waals surface area contributed by atoms with Crippen molar-refractivity contribution in [2.75, 3.05) is 13.6 Å². The van der Waals surface area contributed by atoms with Crippen molar-refractivity contribution in [2.45, 2.75) is 32.2 Å². The summed E-state index contributed by atoms with van der Waals surface area (Å²) in [6.45, 7) is 2.31. The predicted molar refractivity (Wildman–Crippen MR) is 80.1 cm³/mol. The Morgan fingerprint density at radius 2 is 2.19 bits per heavy atom. The summed E-state index contributed by atoms with van der Waals surface area (Å²) in [5, 5.41) is 10.8. The fourth-order valence-corrected chi connectivity index (χ4v) is 3.14. The van der Waals surface area contributed by atoms with E-state index >= 15 is 0 Å². The SMILES string of the molecule is Cc1cc([N+](=O)[O-])ccc1C(=O)N(C)C1CCCC1CN. The molecule has 1 fully saturated rings.